The quantitative estimate of drug-likeness (QED) is 0.487. The van der Waals surface area contributed by atoms with Crippen LogP contribution in [0.1, 0.15) is 24.5 Å². The third kappa shape index (κ3) is 5.84. The van der Waals surface area contributed by atoms with Crippen LogP contribution in [-0.4, -0.2) is 60.2 Å². The maximum Gasteiger partial charge on any atom is 0.238 e. The number of carbonyl (C=O) groups excluding carboxylic acids is 1. The molecule has 1 aromatic heterocycles. The minimum atomic E-state index is -0.809. The number of nitrogens with one attached hydrogen (secondary N) is 2. The van der Waals surface area contributed by atoms with E-state index in [0.717, 1.165) is 42.4 Å². The Labute approximate surface area is 192 Å². The molecular formula is C25H29FN4O3. The van der Waals surface area contributed by atoms with Crippen molar-refractivity contribution in [3.05, 3.63) is 66.1 Å². The number of pyridine rings is 1. The van der Waals surface area contributed by atoms with Crippen LogP contribution in [0.3, 0.4) is 0 Å². The average Bonchev–Trinajstić information content (AvgIpc) is 2.84. The van der Waals surface area contributed by atoms with Crippen molar-refractivity contribution in [3.8, 4) is 5.75 Å². The van der Waals surface area contributed by atoms with Gasteiger partial charge in [-0.25, -0.2) is 4.39 Å². The molecule has 1 aliphatic rings. The molecule has 0 aliphatic carbocycles. The fourth-order valence-electron chi connectivity index (χ4n) is 4.32. The summed E-state index contributed by atoms with van der Waals surface area (Å²) in [5.74, 6) is 0.139. The van der Waals surface area contributed by atoms with E-state index in [-0.39, 0.29) is 24.3 Å². The number of halogens is 1. The van der Waals surface area contributed by atoms with E-state index in [4.69, 9.17) is 4.74 Å². The molecule has 33 heavy (non-hydrogen) atoms. The molecule has 0 spiro atoms. The zero-order valence-corrected chi connectivity index (χ0v) is 18.6. The van der Waals surface area contributed by atoms with Crippen LogP contribution in [-0.2, 0) is 4.79 Å². The Hall–Kier alpha value is -3.07. The number of methoxy groups -OCH3 is 1. The molecule has 1 fully saturated rings. The van der Waals surface area contributed by atoms with Gasteiger partial charge in [0.05, 0.1) is 25.3 Å². The minimum Gasteiger partial charge on any atom is -0.497 e. The predicted molar refractivity (Wildman–Crippen MR) is 126 cm³/mol. The van der Waals surface area contributed by atoms with Crippen molar-refractivity contribution in [1.29, 1.82) is 0 Å². The van der Waals surface area contributed by atoms with Crippen LogP contribution >= 0.6 is 0 Å². The summed E-state index contributed by atoms with van der Waals surface area (Å²) in [6.45, 7) is 2.17. The van der Waals surface area contributed by atoms with Crippen LogP contribution in [0, 0.1) is 5.82 Å². The van der Waals surface area contributed by atoms with Crippen molar-refractivity contribution in [2.24, 2.45) is 0 Å². The lowest BCUT2D eigenvalue weighted by Gasteiger charge is -2.35. The van der Waals surface area contributed by atoms with Gasteiger partial charge in [-0.2, -0.15) is 0 Å². The van der Waals surface area contributed by atoms with Crippen LogP contribution in [0.15, 0.2) is 54.7 Å². The highest BCUT2D eigenvalue weighted by Gasteiger charge is 2.26. The highest BCUT2D eigenvalue weighted by molar-refractivity contribution is 5.92. The molecule has 0 saturated carbocycles. The van der Waals surface area contributed by atoms with E-state index in [1.165, 1.54) is 24.3 Å². The molecule has 174 valence electrons. The van der Waals surface area contributed by atoms with E-state index in [1.54, 1.807) is 13.3 Å². The number of ether oxygens (including phenoxy) is 1. The van der Waals surface area contributed by atoms with Gasteiger partial charge in [0.2, 0.25) is 5.91 Å². The van der Waals surface area contributed by atoms with Gasteiger partial charge in [-0.3, -0.25) is 14.7 Å². The van der Waals surface area contributed by atoms with Crippen LogP contribution < -0.4 is 15.4 Å². The number of hydrogen-bond acceptors (Lipinski definition) is 6. The number of fused-ring (bicyclic) bond motifs is 1. The van der Waals surface area contributed by atoms with Crippen molar-refractivity contribution in [2.45, 2.75) is 25.0 Å². The number of carbonyl (C=O) groups is 1. The Kier molecular flexibility index (Phi) is 7.49. The highest BCUT2D eigenvalue weighted by atomic mass is 19.1. The van der Waals surface area contributed by atoms with E-state index >= 15 is 0 Å². The Morgan fingerprint density at radius 2 is 2.00 bits per heavy atom. The number of piperidine rings is 1. The molecule has 0 bridgehead atoms. The van der Waals surface area contributed by atoms with Gasteiger partial charge in [0.1, 0.15) is 11.6 Å². The van der Waals surface area contributed by atoms with E-state index < -0.39 is 6.10 Å². The van der Waals surface area contributed by atoms with Gasteiger partial charge in [0, 0.05) is 29.9 Å². The minimum absolute atomic E-state index is 0.130. The third-order valence-electron chi connectivity index (χ3n) is 6.05. The Morgan fingerprint density at radius 1 is 1.24 bits per heavy atom. The van der Waals surface area contributed by atoms with Crippen molar-refractivity contribution in [2.75, 3.05) is 38.6 Å². The number of hydrogen-bond donors (Lipinski definition) is 3. The van der Waals surface area contributed by atoms with Gasteiger partial charge in [0.15, 0.2) is 0 Å². The molecule has 1 aliphatic heterocycles. The number of aliphatic hydroxyl groups excluding tert-OH is 1. The topological polar surface area (TPSA) is 86.7 Å². The van der Waals surface area contributed by atoms with E-state index in [1.807, 2.05) is 29.2 Å². The molecule has 0 unspecified atom stereocenters. The summed E-state index contributed by atoms with van der Waals surface area (Å²) in [6.07, 6.45) is 2.66. The summed E-state index contributed by atoms with van der Waals surface area (Å²) < 4.78 is 18.5. The van der Waals surface area contributed by atoms with E-state index in [0.29, 0.717) is 18.0 Å². The third-order valence-corrected chi connectivity index (χ3v) is 6.05. The van der Waals surface area contributed by atoms with Crippen LogP contribution in [0.4, 0.5) is 10.1 Å². The largest absolute Gasteiger partial charge is 0.497 e. The maximum absolute atomic E-state index is 13.2. The van der Waals surface area contributed by atoms with Gasteiger partial charge >= 0.3 is 0 Å². The molecular weight excluding hydrogens is 423 g/mol. The standard InChI is InChI=1S/C25H29FN4O3/c1-33-20-6-7-23-22(14-20)21(10-13-28-23)24(31)15-30(19-8-11-27-12-9-19)16-25(32)29-18-4-2-17(26)3-5-18/h2-7,10,13-14,19,24,27,31H,8-9,11-12,15-16H2,1H3,(H,29,32)/t24-/m0/s1. The van der Waals surface area contributed by atoms with Gasteiger partial charge in [-0.1, -0.05) is 0 Å². The van der Waals surface area contributed by atoms with Crippen LogP contribution in [0.2, 0.25) is 0 Å². The van der Waals surface area contributed by atoms with E-state index in [2.05, 4.69) is 15.6 Å². The summed E-state index contributed by atoms with van der Waals surface area (Å²) in [5.41, 5.74) is 2.06. The lowest BCUT2D eigenvalue weighted by atomic mass is 10.0. The first-order chi connectivity index (χ1) is 16.0. The highest BCUT2D eigenvalue weighted by Crippen LogP contribution is 2.28. The van der Waals surface area contributed by atoms with Crippen molar-refractivity contribution < 1.29 is 19.0 Å². The SMILES string of the molecule is COc1ccc2nccc([C@@H](O)CN(CC(=O)Nc3ccc(F)cc3)C3CCNCC3)c2c1. The monoisotopic (exact) mass is 452 g/mol. The number of amides is 1. The second-order valence-electron chi connectivity index (χ2n) is 8.26. The first kappa shape index (κ1) is 23.1. The maximum atomic E-state index is 13.2. The van der Waals surface area contributed by atoms with Gasteiger partial charge in [0.25, 0.3) is 0 Å². The molecule has 4 rings (SSSR count). The Morgan fingerprint density at radius 3 is 2.73 bits per heavy atom. The van der Waals surface area contributed by atoms with Crippen molar-refractivity contribution in [1.82, 2.24) is 15.2 Å². The number of aliphatic hydroxyl groups is 1. The molecule has 2 heterocycles. The zero-order chi connectivity index (χ0) is 23.2. The second kappa shape index (κ2) is 10.7. The molecule has 7 nitrogen and oxygen atoms in total. The molecule has 8 heteroatoms. The number of aromatic nitrogens is 1. The number of rotatable bonds is 8. The second-order valence-corrected chi connectivity index (χ2v) is 8.26. The summed E-state index contributed by atoms with van der Waals surface area (Å²) in [6, 6.07) is 13.3. The fourth-order valence-corrected chi connectivity index (χ4v) is 4.32. The van der Waals surface area contributed by atoms with Gasteiger partial charge in [-0.05, 0) is 80.0 Å². The normalized spacial score (nSPS) is 15.5. The molecule has 0 radical (unpaired) electrons. The first-order valence-electron chi connectivity index (χ1n) is 11.1. The first-order valence-corrected chi connectivity index (χ1v) is 11.1. The summed E-state index contributed by atoms with van der Waals surface area (Å²) in [5, 5.41) is 18.2. The summed E-state index contributed by atoms with van der Waals surface area (Å²) >= 11 is 0. The van der Waals surface area contributed by atoms with Crippen LogP contribution in [0.25, 0.3) is 10.9 Å². The van der Waals surface area contributed by atoms with Crippen LogP contribution in [0.5, 0.6) is 5.75 Å². The molecule has 1 amide bonds. The Bertz CT molecular complexity index is 1090. The number of nitrogens with zero attached hydrogens (tertiary/aromatic N) is 2. The molecule has 2 aromatic carbocycles. The average molecular weight is 453 g/mol. The number of benzene rings is 2. The summed E-state index contributed by atoms with van der Waals surface area (Å²) in [7, 11) is 1.60. The van der Waals surface area contributed by atoms with Crippen molar-refractivity contribution >= 4 is 22.5 Å². The lowest BCUT2D eigenvalue weighted by molar-refractivity contribution is -0.118. The molecule has 1 atom stereocenters. The fraction of sp³-hybridized carbons (Fsp3) is 0.360. The lowest BCUT2D eigenvalue weighted by Crippen LogP contribution is -2.47. The molecule has 3 N–H and O–H groups in total. The zero-order valence-electron chi connectivity index (χ0n) is 18.6. The predicted octanol–water partition coefficient (Wildman–Crippen LogP) is 3.11. The molecule has 3 aromatic rings. The van der Waals surface area contributed by atoms with E-state index in [9.17, 15) is 14.3 Å². The van der Waals surface area contributed by atoms with Crippen molar-refractivity contribution in [3.63, 3.8) is 0 Å². The van der Waals surface area contributed by atoms with Gasteiger partial charge in [-0.15, -0.1) is 0 Å². The smallest absolute Gasteiger partial charge is 0.238 e. The molecule has 1 saturated heterocycles. The number of anilines is 1. The Balaban J connectivity index is 1.53. The van der Waals surface area contributed by atoms with Gasteiger partial charge < -0.3 is 20.5 Å². The summed E-state index contributed by atoms with van der Waals surface area (Å²) in [4.78, 5) is 19.2.